The Labute approximate surface area is 121 Å². The molecule has 0 aliphatic carbocycles. The number of anilines is 1. The molecule has 0 aromatic carbocycles. The summed E-state index contributed by atoms with van der Waals surface area (Å²) >= 11 is 1.66. The van der Waals surface area contributed by atoms with Gasteiger partial charge in [0.2, 0.25) is 0 Å². The van der Waals surface area contributed by atoms with Crippen LogP contribution < -0.4 is 4.90 Å². The Morgan fingerprint density at radius 1 is 1.15 bits per heavy atom. The SMILES string of the molecule is Cc1ccc2ncnc(N(C)Cc3csc(C)n3)c2n1. The second kappa shape index (κ2) is 5.13. The van der Waals surface area contributed by atoms with E-state index >= 15 is 0 Å². The minimum absolute atomic E-state index is 0.714. The van der Waals surface area contributed by atoms with Crippen LogP contribution in [0.4, 0.5) is 5.82 Å². The zero-order valence-electron chi connectivity index (χ0n) is 11.7. The van der Waals surface area contributed by atoms with Gasteiger partial charge in [0.15, 0.2) is 5.82 Å². The molecule has 0 bridgehead atoms. The van der Waals surface area contributed by atoms with Gasteiger partial charge in [0, 0.05) is 18.1 Å². The van der Waals surface area contributed by atoms with Gasteiger partial charge in [0.25, 0.3) is 0 Å². The van der Waals surface area contributed by atoms with Crippen LogP contribution in [0, 0.1) is 13.8 Å². The molecular weight excluding hydrogens is 270 g/mol. The highest BCUT2D eigenvalue weighted by atomic mass is 32.1. The molecule has 0 radical (unpaired) electrons. The van der Waals surface area contributed by atoms with Crippen molar-refractivity contribution in [3.8, 4) is 0 Å². The molecule has 0 atom stereocenters. The van der Waals surface area contributed by atoms with Crippen molar-refractivity contribution in [2.45, 2.75) is 20.4 Å². The molecule has 3 aromatic rings. The Balaban J connectivity index is 1.98. The van der Waals surface area contributed by atoms with Gasteiger partial charge in [-0.2, -0.15) is 0 Å². The number of aromatic nitrogens is 4. The number of aryl methyl sites for hydroxylation is 2. The summed E-state index contributed by atoms with van der Waals surface area (Å²) in [6, 6.07) is 3.94. The van der Waals surface area contributed by atoms with E-state index in [1.807, 2.05) is 33.0 Å². The van der Waals surface area contributed by atoms with Crippen LogP contribution in [0.3, 0.4) is 0 Å². The first-order valence-electron chi connectivity index (χ1n) is 6.34. The zero-order chi connectivity index (χ0) is 14.1. The lowest BCUT2D eigenvalue weighted by molar-refractivity contribution is 0.870. The monoisotopic (exact) mass is 285 g/mol. The fourth-order valence-corrected chi connectivity index (χ4v) is 2.71. The van der Waals surface area contributed by atoms with E-state index in [9.17, 15) is 0 Å². The highest BCUT2D eigenvalue weighted by molar-refractivity contribution is 7.09. The molecule has 0 saturated carbocycles. The van der Waals surface area contributed by atoms with Crippen LogP contribution in [0.15, 0.2) is 23.8 Å². The van der Waals surface area contributed by atoms with Crippen molar-refractivity contribution < 1.29 is 0 Å². The third-order valence-corrected chi connectivity index (χ3v) is 3.85. The summed E-state index contributed by atoms with van der Waals surface area (Å²) in [6.45, 7) is 4.70. The number of fused-ring (bicyclic) bond motifs is 1. The summed E-state index contributed by atoms with van der Waals surface area (Å²) in [6.07, 6.45) is 1.58. The molecule has 0 amide bonds. The molecule has 3 aromatic heterocycles. The van der Waals surface area contributed by atoms with E-state index in [2.05, 4.69) is 30.2 Å². The number of nitrogens with zero attached hydrogens (tertiary/aromatic N) is 5. The second-order valence-corrected chi connectivity index (χ2v) is 5.79. The zero-order valence-corrected chi connectivity index (χ0v) is 12.5. The maximum atomic E-state index is 4.56. The van der Waals surface area contributed by atoms with Crippen LogP contribution in [-0.2, 0) is 6.54 Å². The fourth-order valence-electron chi connectivity index (χ4n) is 2.10. The van der Waals surface area contributed by atoms with Crippen LogP contribution in [0.1, 0.15) is 16.4 Å². The van der Waals surface area contributed by atoms with Crippen molar-refractivity contribution in [1.29, 1.82) is 0 Å². The Bertz CT molecular complexity index is 752. The topological polar surface area (TPSA) is 54.8 Å². The van der Waals surface area contributed by atoms with Crippen molar-refractivity contribution in [2.24, 2.45) is 0 Å². The molecule has 0 unspecified atom stereocenters. The molecule has 3 heterocycles. The lowest BCUT2D eigenvalue weighted by atomic mass is 10.3. The number of pyridine rings is 1. The Hall–Kier alpha value is -2.08. The third kappa shape index (κ3) is 2.46. The van der Waals surface area contributed by atoms with Gasteiger partial charge in [-0.15, -0.1) is 11.3 Å². The lowest BCUT2D eigenvalue weighted by Gasteiger charge is -2.17. The van der Waals surface area contributed by atoms with Crippen molar-refractivity contribution in [3.63, 3.8) is 0 Å². The summed E-state index contributed by atoms with van der Waals surface area (Å²) < 4.78 is 0. The third-order valence-electron chi connectivity index (χ3n) is 3.03. The Morgan fingerprint density at radius 2 is 2.00 bits per heavy atom. The minimum Gasteiger partial charge on any atom is -0.352 e. The van der Waals surface area contributed by atoms with Crippen molar-refractivity contribution in [3.05, 3.63) is 40.2 Å². The van der Waals surface area contributed by atoms with Crippen molar-refractivity contribution in [2.75, 3.05) is 11.9 Å². The minimum atomic E-state index is 0.714. The average Bonchev–Trinajstić information content (AvgIpc) is 2.83. The van der Waals surface area contributed by atoms with Gasteiger partial charge in [-0.1, -0.05) is 0 Å². The molecule has 0 aliphatic heterocycles. The predicted octanol–water partition coefficient (Wildman–Crippen LogP) is 2.73. The molecule has 20 heavy (non-hydrogen) atoms. The molecular formula is C14H15N5S. The van der Waals surface area contributed by atoms with Crippen molar-refractivity contribution in [1.82, 2.24) is 19.9 Å². The number of rotatable bonds is 3. The first-order chi connectivity index (χ1) is 9.63. The lowest BCUT2D eigenvalue weighted by Crippen LogP contribution is -2.18. The second-order valence-electron chi connectivity index (χ2n) is 4.73. The van der Waals surface area contributed by atoms with Gasteiger partial charge < -0.3 is 4.90 Å². The Kier molecular flexibility index (Phi) is 3.31. The van der Waals surface area contributed by atoms with Gasteiger partial charge in [0.05, 0.1) is 22.8 Å². The van der Waals surface area contributed by atoms with Crippen LogP contribution >= 0.6 is 11.3 Å². The summed E-state index contributed by atoms with van der Waals surface area (Å²) in [5.74, 6) is 0.837. The first kappa shape index (κ1) is 12.9. The van der Waals surface area contributed by atoms with Crippen LogP contribution in [0.25, 0.3) is 11.0 Å². The van der Waals surface area contributed by atoms with Crippen LogP contribution in [-0.4, -0.2) is 27.0 Å². The molecule has 3 rings (SSSR count). The fraction of sp³-hybridized carbons (Fsp3) is 0.286. The van der Waals surface area contributed by atoms with E-state index in [-0.39, 0.29) is 0 Å². The van der Waals surface area contributed by atoms with E-state index in [0.717, 1.165) is 33.2 Å². The van der Waals surface area contributed by atoms with Gasteiger partial charge in [0.1, 0.15) is 11.8 Å². The average molecular weight is 285 g/mol. The van der Waals surface area contributed by atoms with Crippen LogP contribution in [0.2, 0.25) is 0 Å². The summed E-state index contributed by atoms with van der Waals surface area (Å²) in [4.78, 5) is 19.7. The summed E-state index contributed by atoms with van der Waals surface area (Å²) in [5.41, 5.74) is 3.71. The summed E-state index contributed by atoms with van der Waals surface area (Å²) in [7, 11) is 2.00. The molecule has 0 saturated heterocycles. The van der Waals surface area contributed by atoms with E-state index in [1.165, 1.54) is 0 Å². The molecule has 0 aliphatic rings. The predicted molar refractivity (Wildman–Crippen MR) is 81.0 cm³/mol. The van der Waals surface area contributed by atoms with E-state index in [4.69, 9.17) is 0 Å². The Morgan fingerprint density at radius 3 is 2.75 bits per heavy atom. The molecule has 0 N–H and O–H groups in total. The number of hydrogen-bond acceptors (Lipinski definition) is 6. The molecule has 5 nitrogen and oxygen atoms in total. The maximum Gasteiger partial charge on any atom is 0.158 e. The van der Waals surface area contributed by atoms with Gasteiger partial charge >= 0.3 is 0 Å². The van der Waals surface area contributed by atoms with Gasteiger partial charge in [-0.25, -0.2) is 19.9 Å². The highest BCUT2D eigenvalue weighted by Crippen LogP contribution is 2.22. The maximum absolute atomic E-state index is 4.56. The normalized spacial score (nSPS) is 10.9. The first-order valence-corrected chi connectivity index (χ1v) is 7.22. The van der Waals surface area contributed by atoms with E-state index < -0.39 is 0 Å². The van der Waals surface area contributed by atoms with Crippen LogP contribution in [0.5, 0.6) is 0 Å². The molecule has 102 valence electrons. The number of thiazole rings is 1. The molecule has 6 heteroatoms. The highest BCUT2D eigenvalue weighted by Gasteiger charge is 2.11. The largest absolute Gasteiger partial charge is 0.352 e. The van der Waals surface area contributed by atoms with Gasteiger partial charge in [-0.3, -0.25) is 0 Å². The van der Waals surface area contributed by atoms with Crippen molar-refractivity contribution >= 4 is 28.2 Å². The standard InChI is InChI=1S/C14H15N5S/c1-9-4-5-12-13(17-9)14(16-8-15-12)19(3)6-11-7-20-10(2)18-11/h4-5,7-8H,6H2,1-3H3. The van der Waals surface area contributed by atoms with E-state index in [0.29, 0.717) is 6.54 Å². The summed E-state index contributed by atoms with van der Waals surface area (Å²) in [5, 5.41) is 3.16. The number of hydrogen-bond donors (Lipinski definition) is 0. The van der Waals surface area contributed by atoms with E-state index in [1.54, 1.807) is 17.7 Å². The smallest absolute Gasteiger partial charge is 0.158 e. The quantitative estimate of drug-likeness (QED) is 0.740. The molecule has 0 fully saturated rings. The molecule has 0 spiro atoms. The van der Waals surface area contributed by atoms with Gasteiger partial charge in [-0.05, 0) is 26.0 Å².